The van der Waals surface area contributed by atoms with Gasteiger partial charge in [0.15, 0.2) is 5.82 Å². The van der Waals surface area contributed by atoms with Gasteiger partial charge in [-0.1, -0.05) is 46.3 Å². The lowest BCUT2D eigenvalue weighted by Crippen LogP contribution is -2.25. The fourth-order valence-corrected chi connectivity index (χ4v) is 3.60. The van der Waals surface area contributed by atoms with Gasteiger partial charge in [0.25, 0.3) is 0 Å². The topological polar surface area (TPSA) is 55.6 Å². The number of fused-ring (bicyclic) bond motifs is 1. The minimum atomic E-state index is 0.675. The molecule has 5 nitrogen and oxygen atoms in total. The lowest BCUT2D eigenvalue weighted by Gasteiger charge is -2.19. The van der Waals surface area contributed by atoms with Crippen LogP contribution < -0.4 is 5.32 Å². The van der Waals surface area contributed by atoms with Gasteiger partial charge in [0.1, 0.15) is 0 Å². The molecule has 0 amide bonds. The third kappa shape index (κ3) is 3.39. The maximum Gasteiger partial charge on any atom is 0.179 e. The number of rotatable bonds is 4. The molecule has 0 atom stereocenters. The summed E-state index contributed by atoms with van der Waals surface area (Å²) in [4.78, 5) is 1.70. The van der Waals surface area contributed by atoms with E-state index in [9.17, 15) is 0 Å². The number of halogens is 1. The first-order valence-electron chi connectivity index (χ1n) is 8.09. The Morgan fingerprint density at radius 1 is 1.17 bits per heavy atom. The van der Waals surface area contributed by atoms with Gasteiger partial charge in [-0.2, -0.15) is 4.80 Å². The molecule has 0 unspecified atom stereocenters. The van der Waals surface area contributed by atoms with Gasteiger partial charge in [-0.15, -0.1) is 10.2 Å². The number of benzene rings is 2. The maximum absolute atomic E-state index is 4.54. The van der Waals surface area contributed by atoms with Crippen molar-refractivity contribution in [3.8, 4) is 0 Å². The number of hydrogen-bond donors (Lipinski definition) is 1. The van der Waals surface area contributed by atoms with Crippen molar-refractivity contribution in [2.24, 2.45) is 0 Å². The van der Waals surface area contributed by atoms with E-state index in [1.54, 1.807) is 4.80 Å². The standard InChI is InChI=1S/C18H18BrN5/c19-16-6-1-3-13(9-16)10-18-21-23-24(22-18)12-15-5-2-4-14-11-20-8-7-17(14)15/h1-6,9,20H,7-8,10-12H2. The average molecular weight is 384 g/mol. The van der Waals surface area contributed by atoms with Gasteiger partial charge in [-0.25, -0.2) is 0 Å². The molecule has 1 aliphatic heterocycles. The minimum Gasteiger partial charge on any atom is -0.312 e. The van der Waals surface area contributed by atoms with E-state index in [1.807, 2.05) is 12.1 Å². The number of hydrogen-bond acceptors (Lipinski definition) is 4. The zero-order chi connectivity index (χ0) is 16.4. The molecular formula is C18H18BrN5. The largest absolute Gasteiger partial charge is 0.312 e. The Hall–Kier alpha value is -2.05. The summed E-state index contributed by atoms with van der Waals surface area (Å²) in [6, 6.07) is 14.7. The highest BCUT2D eigenvalue weighted by Crippen LogP contribution is 2.19. The summed E-state index contributed by atoms with van der Waals surface area (Å²) >= 11 is 3.49. The van der Waals surface area contributed by atoms with E-state index in [-0.39, 0.29) is 0 Å². The van der Waals surface area contributed by atoms with E-state index in [4.69, 9.17) is 0 Å². The number of nitrogens with one attached hydrogen (secondary N) is 1. The van der Waals surface area contributed by atoms with Crippen molar-refractivity contribution in [2.45, 2.75) is 25.9 Å². The third-order valence-corrected chi connectivity index (χ3v) is 4.79. The molecule has 1 aliphatic rings. The van der Waals surface area contributed by atoms with Crippen LogP contribution in [-0.4, -0.2) is 26.8 Å². The van der Waals surface area contributed by atoms with Crippen molar-refractivity contribution >= 4 is 15.9 Å². The molecule has 0 bridgehead atoms. The SMILES string of the molecule is Brc1cccc(Cc2nnn(Cc3cccc4c3CCNC4)n2)c1. The fraction of sp³-hybridized carbons (Fsp3) is 0.278. The van der Waals surface area contributed by atoms with E-state index >= 15 is 0 Å². The fourth-order valence-electron chi connectivity index (χ4n) is 3.16. The molecule has 122 valence electrons. The van der Waals surface area contributed by atoms with Crippen molar-refractivity contribution in [3.05, 3.63) is 75.0 Å². The highest BCUT2D eigenvalue weighted by Gasteiger charge is 2.13. The second-order valence-electron chi connectivity index (χ2n) is 6.02. The van der Waals surface area contributed by atoms with Crippen LogP contribution in [0.4, 0.5) is 0 Å². The molecule has 6 heteroatoms. The minimum absolute atomic E-state index is 0.675. The molecule has 2 heterocycles. The van der Waals surface area contributed by atoms with Crippen LogP contribution in [0.2, 0.25) is 0 Å². The van der Waals surface area contributed by atoms with Crippen molar-refractivity contribution in [1.82, 2.24) is 25.5 Å². The molecule has 0 fully saturated rings. The van der Waals surface area contributed by atoms with Crippen LogP contribution in [0.3, 0.4) is 0 Å². The molecule has 0 saturated carbocycles. The molecule has 0 saturated heterocycles. The monoisotopic (exact) mass is 383 g/mol. The van der Waals surface area contributed by atoms with Crippen molar-refractivity contribution < 1.29 is 0 Å². The molecule has 0 radical (unpaired) electrons. The first kappa shape index (κ1) is 15.5. The third-order valence-electron chi connectivity index (χ3n) is 4.29. The van der Waals surface area contributed by atoms with Gasteiger partial charge in [0.2, 0.25) is 0 Å². The quantitative estimate of drug-likeness (QED) is 0.752. The summed E-state index contributed by atoms with van der Waals surface area (Å²) in [5.41, 5.74) is 5.28. The van der Waals surface area contributed by atoms with Crippen LogP contribution in [0, 0.1) is 0 Å². The van der Waals surface area contributed by atoms with E-state index in [0.29, 0.717) is 13.0 Å². The predicted molar refractivity (Wildman–Crippen MR) is 95.7 cm³/mol. The zero-order valence-corrected chi connectivity index (χ0v) is 14.8. The normalized spacial score (nSPS) is 13.7. The van der Waals surface area contributed by atoms with Crippen molar-refractivity contribution in [2.75, 3.05) is 6.54 Å². The highest BCUT2D eigenvalue weighted by atomic mass is 79.9. The maximum atomic E-state index is 4.54. The van der Waals surface area contributed by atoms with Gasteiger partial charge in [0, 0.05) is 17.4 Å². The lowest BCUT2D eigenvalue weighted by molar-refractivity contribution is 0.560. The number of nitrogens with zero attached hydrogens (tertiary/aromatic N) is 4. The van der Waals surface area contributed by atoms with Crippen molar-refractivity contribution in [3.63, 3.8) is 0 Å². The second-order valence-corrected chi connectivity index (χ2v) is 6.94. The molecule has 0 spiro atoms. The van der Waals surface area contributed by atoms with Gasteiger partial charge in [0.05, 0.1) is 6.54 Å². The summed E-state index contributed by atoms with van der Waals surface area (Å²) < 4.78 is 1.07. The van der Waals surface area contributed by atoms with Gasteiger partial charge in [-0.3, -0.25) is 0 Å². The van der Waals surface area contributed by atoms with E-state index in [0.717, 1.165) is 29.8 Å². The molecular weight excluding hydrogens is 366 g/mol. The summed E-state index contributed by atoms with van der Waals surface area (Å²) in [5, 5.41) is 16.4. The van der Waals surface area contributed by atoms with Gasteiger partial charge < -0.3 is 5.32 Å². The van der Waals surface area contributed by atoms with Gasteiger partial charge in [-0.05, 0) is 52.6 Å². The lowest BCUT2D eigenvalue weighted by atomic mass is 9.95. The molecule has 2 aromatic carbocycles. The Labute approximate surface area is 149 Å². The smallest absolute Gasteiger partial charge is 0.179 e. The summed E-state index contributed by atoms with van der Waals surface area (Å²) in [5.74, 6) is 0.750. The Kier molecular flexibility index (Phi) is 4.40. The second kappa shape index (κ2) is 6.83. The molecule has 1 aromatic heterocycles. The average Bonchev–Trinajstić information content (AvgIpc) is 3.02. The van der Waals surface area contributed by atoms with Gasteiger partial charge >= 0.3 is 0 Å². The molecule has 4 rings (SSSR count). The van der Waals surface area contributed by atoms with Crippen LogP contribution in [0.25, 0.3) is 0 Å². The first-order valence-corrected chi connectivity index (χ1v) is 8.89. The molecule has 0 aliphatic carbocycles. The zero-order valence-electron chi connectivity index (χ0n) is 13.2. The Balaban J connectivity index is 1.52. The molecule has 24 heavy (non-hydrogen) atoms. The van der Waals surface area contributed by atoms with E-state index < -0.39 is 0 Å². The van der Waals surface area contributed by atoms with E-state index in [1.165, 1.54) is 22.3 Å². The summed E-state index contributed by atoms with van der Waals surface area (Å²) in [6.07, 6.45) is 1.75. The summed E-state index contributed by atoms with van der Waals surface area (Å²) in [6.45, 7) is 2.65. The van der Waals surface area contributed by atoms with Crippen LogP contribution in [0.15, 0.2) is 46.9 Å². The number of tetrazole rings is 1. The van der Waals surface area contributed by atoms with E-state index in [2.05, 4.69) is 67.0 Å². The van der Waals surface area contributed by atoms with Crippen LogP contribution in [0.1, 0.15) is 28.1 Å². The van der Waals surface area contributed by atoms with Crippen LogP contribution in [0.5, 0.6) is 0 Å². The van der Waals surface area contributed by atoms with Crippen LogP contribution in [-0.2, 0) is 25.9 Å². The first-order chi connectivity index (χ1) is 11.8. The Morgan fingerprint density at radius 3 is 3.00 bits per heavy atom. The molecule has 3 aromatic rings. The summed E-state index contributed by atoms with van der Waals surface area (Å²) in [7, 11) is 0. The number of aromatic nitrogens is 4. The predicted octanol–water partition coefficient (Wildman–Crippen LogP) is 2.72. The van der Waals surface area contributed by atoms with Crippen molar-refractivity contribution in [1.29, 1.82) is 0 Å². The van der Waals surface area contributed by atoms with Crippen LogP contribution >= 0.6 is 15.9 Å². The molecule has 1 N–H and O–H groups in total. The Bertz CT molecular complexity index is 858. The Morgan fingerprint density at radius 2 is 2.08 bits per heavy atom. The highest BCUT2D eigenvalue weighted by molar-refractivity contribution is 9.10.